The number of rotatable bonds is 3. The molecule has 4 nitrogen and oxygen atoms in total. The predicted molar refractivity (Wildman–Crippen MR) is 80.6 cm³/mol. The molecule has 1 aromatic heterocycles. The van der Waals surface area contributed by atoms with Crippen molar-refractivity contribution >= 4 is 29.3 Å². The van der Waals surface area contributed by atoms with Gasteiger partial charge in [0.1, 0.15) is 11.1 Å². The van der Waals surface area contributed by atoms with E-state index >= 15 is 0 Å². The molecule has 6 heteroatoms. The summed E-state index contributed by atoms with van der Waals surface area (Å²) < 4.78 is 4.68. The summed E-state index contributed by atoms with van der Waals surface area (Å²) in [7, 11) is 1.29. The average Bonchev–Trinajstić information content (AvgIpc) is 2.49. The van der Waals surface area contributed by atoms with E-state index in [1.807, 2.05) is 24.3 Å². The van der Waals surface area contributed by atoms with Crippen LogP contribution in [0.15, 0.2) is 40.3 Å². The van der Waals surface area contributed by atoms with Crippen LogP contribution in [0.5, 0.6) is 0 Å². The number of carbonyl (C=O) groups excluding carboxylic acids is 1. The number of methoxy groups -OCH3 is 1. The van der Waals surface area contributed by atoms with Gasteiger partial charge < -0.3 is 4.74 Å². The standard InChI is InChI=1S/C15H11ClN2O2S/c1-9-11(15(19)20-2)7-10(8-17)14(18-9)21-13-6-4-3-5-12(13)16/h3-7H,1-2H3. The normalized spacial score (nSPS) is 10.0. The summed E-state index contributed by atoms with van der Waals surface area (Å²) in [6.45, 7) is 1.70. The number of hydrogen-bond donors (Lipinski definition) is 0. The Morgan fingerprint density at radius 2 is 2.14 bits per heavy atom. The second-order valence-electron chi connectivity index (χ2n) is 4.11. The minimum Gasteiger partial charge on any atom is -0.465 e. The summed E-state index contributed by atoms with van der Waals surface area (Å²) in [6.07, 6.45) is 0. The van der Waals surface area contributed by atoms with Crippen molar-refractivity contribution in [3.05, 3.63) is 52.2 Å². The molecule has 1 heterocycles. The van der Waals surface area contributed by atoms with Crippen LogP contribution in [0.3, 0.4) is 0 Å². The average molecular weight is 319 g/mol. The van der Waals surface area contributed by atoms with Gasteiger partial charge in [-0.15, -0.1) is 0 Å². The van der Waals surface area contributed by atoms with E-state index in [1.54, 1.807) is 13.0 Å². The number of ether oxygens (including phenoxy) is 1. The third-order valence-corrected chi connectivity index (χ3v) is 4.27. The molecule has 0 unspecified atom stereocenters. The Labute approximate surface area is 131 Å². The molecule has 2 aromatic rings. The number of aromatic nitrogens is 1. The van der Waals surface area contributed by atoms with Crippen molar-refractivity contribution in [2.75, 3.05) is 7.11 Å². The van der Waals surface area contributed by atoms with Crippen LogP contribution >= 0.6 is 23.4 Å². The molecule has 0 N–H and O–H groups in total. The molecule has 0 saturated carbocycles. The lowest BCUT2D eigenvalue weighted by atomic mass is 10.1. The highest BCUT2D eigenvalue weighted by atomic mass is 35.5. The van der Waals surface area contributed by atoms with E-state index in [-0.39, 0.29) is 5.56 Å². The van der Waals surface area contributed by atoms with Gasteiger partial charge in [0.05, 0.1) is 29.0 Å². The number of pyridine rings is 1. The Bertz CT molecular complexity index is 741. The third kappa shape index (κ3) is 3.35. The van der Waals surface area contributed by atoms with E-state index in [2.05, 4.69) is 9.72 Å². The first kappa shape index (κ1) is 15.4. The van der Waals surface area contributed by atoms with E-state index in [1.165, 1.54) is 24.9 Å². The summed E-state index contributed by atoms with van der Waals surface area (Å²) in [4.78, 5) is 16.8. The van der Waals surface area contributed by atoms with Crippen molar-refractivity contribution in [1.29, 1.82) is 5.26 Å². The van der Waals surface area contributed by atoms with Crippen molar-refractivity contribution in [1.82, 2.24) is 4.98 Å². The number of carbonyl (C=O) groups is 1. The maximum atomic E-state index is 11.6. The van der Waals surface area contributed by atoms with E-state index < -0.39 is 5.97 Å². The molecule has 106 valence electrons. The highest BCUT2D eigenvalue weighted by Gasteiger charge is 2.16. The first-order valence-electron chi connectivity index (χ1n) is 5.99. The molecular formula is C15H11ClN2O2S. The number of benzene rings is 1. The highest BCUT2D eigenvalue weighted by Crippen LogP contribution is 2.34. The van der Waals surface area contributed by atoms with Gasteiger partial charge in [0.25, 0.3) is 0 Å². The Kier molecular flexibility index (Phi) is 4.84. The van der Waals surface area contributed by atoms with Crippen LogP contribution in [0.4, 0.5) is 0 Å². The van der Waals surface area contributed by atoms with E-state index in [0.717, 1.165) is 4.90 Å². The van der Waals surface area contributed by atoms with Gasteiger partial charge in [0, 0.05) is 4.90 Å². The van der Waals surface area contributed by atoms with Gasteiger partial charge in [-0.3, -0.25) is 0 Å². The summed E-state index contributed by atoms with van der Waals surface area (Å²) in [5, 5.41) is 10.3. The molecule has 1 aromatic carbocycles. The molecule has 0 aliphatic heterocycles. The summed E-state index contributed by atoms with van der Waals surface area (Å²) in [6, 6.07) is 10.8. The topological polar surface area (TPSA) is 63.0 Å². The quantitative estimate of drug-likeness (QED) is 0.804. The molecule has 21 heavy (non-hydrogen) atoms. The third-order valence-electron chi connectivity index (χ3n) is 2.75. The van der Waals surface area contributed by atoms with E-state index in [4.69, 9.17) is 11.6 Å². The van der Waals surface area contributed by atoms with Gasteiger partial charge >= 0.3 is 5.97 Å². The van der Waals surface area contributed by atoms with Crippen LogP contribution in [0, 0.1) is 18.3 Å². The monoisotopic (exact) mass is 318 g/mol. The van der Waals surface area contributed by atoms with Crippen molar-refractivity contribution in [3.63, 3.8) is 0 Å². The fourth-order valence-corrected chi connectivity index (χ4v) is 2.86. The SMILES string of the molecule is COC(=O)c1cc(C#N)c(Sc2ccccc2Cl)nc1C. The smallest absolute Gasteiger partial charge is 0.339 e. The molecule has 0 bridgehead atoms. The Hall–Kier alpha value is -2.03. The second kappa shape index (κ2) is 6.61. The summed E-state index contributed by atoms with van der Waals surface area (Å²) in [5.41, 5.74) is 1.11. The molecule has 0 saturated heterocycles. The molecule has 0 amide bonds. The van der Waals surface area contributed by atoms with Gasteiger partial charge in [-0.25, -0.2) is 9.78 Å². The van der Waals surface area contributed by atoms with Gasteiger partial charge in [0.2, 0.25) is 0 Å². The lowest BCUT2D eigenvalue weighted by Gasteiger charge is -2.09. The lowest BCUT2D eigenvalue weighted by molar-refractivity contribution is 0.0599. The van der Waals surface area contributed by atoms with E-state index in [9.17, 15) is 10.1 Å². The Morgan fingerprint density at radius 1 is 1.43 bits per heavy atom. The number of hydrogen-bond acceptors (Lipinski definition) is 5. The van der Waals surface area contributed by atoms with Gasteiger partial charge in [-0.2, -0.15) is 5.26 Å². The minimum absolute atomic E-state index is 0.289. The van der Waals surface area contributed by atoms with Gasteiger partial charge in [-0.1, -0.05) is 35.5 Å². The van der Waals surface area contributed by atoms with Crippen molar-refractivity contribution in [3.8, 4) is 6.07 Å². The van der Waals surface area contributed by atoms with E-state index in [0.29, 0.717) is 21.3 Å². The molecule has 0 spiro atoms. The second-order valence-corrected chi connectivity index (χ2v) is 5.55. The molecule has 0 atom stereocenters. The Balaban J connectivity index is 2.46. The van der Waals surface area contributed by atoms with Crippen LogP contribution < -0.4 is 0 Å². The van der Waals surface area contributed by atoms with Crippen LogP contribution in [-0.4, -0.2) is 18.1 Å². The summed E-state index contributed by atoms with van der Waals surface area (Å²) in [5.74, 6) is -0.509. The van der Waals surface area contributed by atoms with Crippen LogP contribution in [0.25, 0.3) is 0 Å². The predicted octanol–water partition coefficient (Wildman–Crippen LogP) is 3.85. The van der Waals surface area contributed by atoms with Gasteiger partial charge in [-0.05, 0) is 25.1 Å². The number of nitrogens with zero attached hydrogens (tertiary/aromatic N) is 2. The molecular weight excluding hydrogens is 308 g/mol. The number of aryl methyl sites for hydroxylation is 1. The Morgan fingerprint density at radius 3 is 2.76 bits per heavy atom. The zero-order valence-electron chi connectivity index (χ0n) is 11.4. The number of halogens is 1. The molecule has 0 radical (unpaired) electrons. The zero-order chi connectivity index (χ0) is 15.4. The summed E-state index contributed by atoms with van der Waals surface area (Å²) >= 11 is 7.40. The molecule has 2 rings (SSSR count). The van der Waals surface area contributed by atoms with Crippen molar-refractivity contribution in [2.24, 2.45) is 0 Å². The molecule has 0 aliphatic carbocycles. The van der Waals surface area contributed by atoms with Gasteiger partial charge in [0.15, 0.2) is 0 Å². The number of nitriles is 1. The van der Waals surface area contributed by atoms with Crippen LogP contribution in [0.1, 0.15) is 21.6 Å². The van der Waals surface area contributed by atoms with Crippen LogP contribution in [0.2, 0.25) is 5.02 Å². The van der Waals surface area contributed by atoms with Crippen molar-refractivity contribution < 1.29 is 9.53 Å². The lowest BCUT2D eigenvalue weighted by Crippen LogP contribution is -2.07. The van der Waals surface area contributed by atoms with Crippen molar-refractivity contribution in [2.45, 2.75) is 16.8 Å². The van der Waals surface area contributed by atoms with Crippen LogP contribution in [-0.2, 0) is 4.74 Å². The zero-order valence-corrected chi connectivity index (χ0v) is 13.0. The first-order chi connectivity index (χ1) is 10.1. The highest BCUT2D eigenvalue weighted by molar-refractivity contribution is 7.99. The molecule has 0 fully saturated rings. The first-order valence-corrected chi connectivity index (χ1v) is 7.18. The number of esters is 1. The maximum Gasteiger partial charge on any atom is 0.339 e. The fourth-order valence-electron chi connectivity index (χ4n) is 1.69. The minimum atomic E-state index is -0.509. The molecule has 0 aliphatic rings. The largest absolute Gasteiger partial charge is 0.465 e. The fraction of sp³-hybridized carbons (Fsp3) is 0.133. The maximum absolute atomic E-state index is 11.6.